The van der Waals surface area contributed by atoms with E-state index in [1.165, 1.54) is 32.1 Å². The normalized spacial score (nSPS) is 11.7. The number of nitrogens with two attached hydrogens (primary N) is 1. The van der Waals surface area contributed by atoms with E-state index in [4.69, 9.17) is 5.73 Å². The zero-order valence-corrected chi connectivity index (χ0v) is 14.2. The molecule has 4 heteroatoms. The maximum Gasteiger partial charge on any atom is 0.180 e. The Balaban J connectivity index is 2.35. The predicted octanol–water partition coefficient (Wildman–Crippen LogP) is 4.49. The highest BCUT2D eigenvalue weighted by molar-refractivity contribution is 7.91. The number of hydrogen-bond donors (Lipinski definition) is 1. The van der Waals surface area contributed by atoms with E-state index in [1.807, 2.05) is 13.0 Å². The highest BCUT2D eigenvalue weighted by atomic mass is 32.2. The van der Waals surface area contributed by atoms with E-state index < -0.39 is 9.84 Å². The second-order valence-corrected chi connectivity index (χ2v) is 7.91. The van der Waals surface area contributed by atoms with Crippen molar-refractivity contribution in [2.45, 2.75) is 70.1 Å². The summed E-state index contributed by atoms with van der Waals surface area (Å²) in [6, 6.07) is 5.19. The van der Waals surface area contributed by atoms with Gasteiger partial charge >= 0.3 is 0 Å². The molecule has 0 aliphatic carbocycles. The van der Waals surface area contributed by atoms with Crippen molar-refractivity contribution < 1.29 is 8.42 Å². The lowest BCUT2D eigenvalue weighted by Crippen LogP contribution is -2.09. The molecule has 21 heavy (non-hydrogen) atoms. The quantitative estimate of drug-likeness (QED) is 0.511. The minimum Gasteiger partial charge on any atom is -0.398 e. The number of unbranched alkanes of at least 4 members (excludes halogenated alkanes) is 7. The molecule has 1 rings (SSSR count). The Morgan fingerprint density at radius 2 is 1.52 bits per heavy atom. The van der Waals surface area contributed by atoms with Gasteiger partial charge in [0.15, 0.2) is 9.84 Å². The Morgan fingerprint density at radius 1 is 0.952 bits per heavy atom. The Bertz CT molecular complexity index is 524. The van der Waals surface area contributed by atoms with Gasteiger partial charge in [0.25, 0.3) is 0 Å². The lowest BCUT2D eigenvalue weighted by atomic mass is 10.1. The van der Waals surface area contributed by atoms with Gasteiger partial charge in [0.05, 0.1) is 16.3 Å². The van der Waals surface area contributed by atoms with E-state index in [0.29, 0.717) is 10.6 Å². The van der Waals surface area contributed by atoms with Crippen molar-refractivity contribution in [3.8, 4) is 0 Å². The van der Waals surface area contributed by atoms with Gasteiger partial charge in [-0.05, 0) is 31.0 Å². The SMILES string of the molecule is CCCCCCCCCCS(=O)(=O)c1cc(C)ccc1N. The molecule has 120 valence electrons. The van der Waals surface area contributed by atoms with E-state index in [1.54, 1.807) is 12.1 Å². The number of aryl methyl sites for hydroxylation is 1. The fraction of sp³-hybridized carbons (Fsp3) is 0.647. The molecule has 3 nitrogen and oxygen atoms in total. The van der Waals surface area contributed by atoms with Crippen LogP contribution in [0.1, 0.15) is 63.9 Å². The lowest BCUT2D eigenvalue weighted by Gasteiger charge is -2.08. The smallest absolute Gasteiger partial charge is 0.180 e. The third-order valence-electron chi connectivity index (χ3n) is 3.77. The average molecular weight is 311 g/mol. The van der Waals surface area contributed by atoms with Crippen LogP contribution in [0, 0.1) is 6.92 Å². The van der Waals surface area contributed by atoms with E-state index in [0.717, 1.165) is 24.8 Å². The maximum atomic E-state index is 12.3. The van der Waals surface area contributed by atoms with Crippen LogP contribution in [0.15, 0.2) is 23.1 Å². The standard InChI is InChI=1S/C17H29NO2S/c1-3-4-5-6-7-8-9-10-13-21(19,20)17-14-15(2)11-12-16(17)18/h11-12,14H,3-10,13,18H2,1-2H3. The van der Waals surface area contributed by atoms with Crippen LogP contribution >= 0.6 is 0 Å². The van der Waals surface area contributed by atoms with Crippen LogP contribution in [-0.2, 0) is 9.84 Å². The third kappa shape index (κ3) is 6.51. The number of anilines is 1. The number of hydrogen-bond acceptors (Lipinski definition) is 3. The van der Waals surface area contributed by atoms with E-state index in [2.05, 4.69) is 6.92 Å². The Hall–Kier alpha value is -1.03. The summed E-state index contributed by atoms with van der Waals surface area (Å²) in [5.41, 5.74) is 7.09. The summed E-state index contributed by atoms with van der Waals surface area (Å²) in [7, 11) is -3.24. The Kier molecular flexibility index (Phi) is 7.79. The molecule has 0 aliphatic rings. The van der Waals surface area contributed by atoms with Gasteiger partial charge in [0.2, 0.25) is 0 Å². The van der Waals surface area contributed by atoms with E-state index in [9.17, 15) is 8.42 Å². The largest absolute Gasteiger partial charge is 0.398 e. The topological polar surface area (TPSA) is 60.2 Å². The highest BCUT2D eigenvalue weighted by Gasteiger charge is 2.17. The average Bonchev–Trinajstić information content (AvgIpc) is 2.44. The minimum absolute atomic E-state index is 0.204. The molecular weight excluding hydrogens is 282 g/mol. The summed E-state index contributed by atoms with van der Waals surface area (Å²) in [6.45, 7) is 4.09. The zero-order valence-electron chi connectivity index (χ0n) is 13.4. The van der Waals surface area contributed by atoms with Gasteiger partial charge in [-0.3, -0.25) is 0 Å². The van der Waals surface area contributed by atoms with Crippen LogP contribution in [0.3, 0.4) is 0 Å². The number of sulfone groups is 1. The first-order valence-corrected chi connectivity index (χ1v) is 9.71. The highest BCUT2D eigenvalue weighted by Crippen LogP contribution is 2.22. The van der Waals surface area contributed by atoms with Crippen molar-refractivity contribution in [2.24, 2.45) is 0 Å². The molecule has 2 N–H and O–H groups in total. The van der Waals surface area contributed by atoms with Crippen molar-refractivity contribution in [3.05, 3.63) is 23.8 Å². The second-order valence-electron chi connectivity index (χ2n) is 5.84. The fourth-order valence-electron chi connectivity index (χ4n) is 2.45. The van der Waals surface area contributed by atoms with Gasteiger partial charge in [0, 0.05) is 0 Å². The number of benzene rings is 1. The summed E-state index contributed by atoms with van der Waals surface area (Å²) >= 11 is 0. The van der Waals surface area contributed by atoms with Crippen LogP contribution in [0.4, 0.5) is 5.69 Å². The molecule has 0 heterocycles. The lowest BCUT2D eigenvalue weighted by molar-refractivity contribution is 0.572. The maximum absolute atomic E-state index is 12.3. The van der Waals surface area contributed by atoms with Gasteiger partial charge in [-0.1, -0.05) is 57.9 Å². The summed E-state index contributed by atoms with van der Waals surface area (Å²) < 4.78 is 24.6. The number of nitrogen functional groups attached to an aromatic ring is 1. The monoisotopic (exact) mass is 311 g/mol. The van der Waals surface area contributed by atoms with Crippen molar-refractivity contribution in [3.63, 3.8) is 0 Å². The molecule has 0 unspecified atom stereocenters. The molecule has 0 bridgehead atoms. The first-order chi connectivity index (χ1) is 9.97. The molecular formula is C17H29NO2S. The summed E-state index contributed by atoms with van der Waals surface area (Å²) in [4.78, 5) is 0.297. The molecule has 0 fully saturated rings. The molecule has 0 atom stereocenters. The zero-order chi connectivity index (χ0) is 15.7. The van der Waals surface area contributed by atoms with Crippen LogP contribution in [0.5, 0.6) is 0 Å². The van der Waals surface area contributed by atoms with Crippen molar-refractivity contribution >= 4 is 15.5 Å². The second kappa shape index (κ2) is 9.08. The molecule has 0 saturated carbocycles. The van der Waals surface area contributed by atoms with Gasteiger partial charge in [0.1, 0.15) is 0 Å². The molecule has 0 amide bonds. The van der Waals surface area contributed by atoms with Crippen molar-refractivity contribution in [1.82, 2.24) is 0 Å². The summed E-state index contributed by atoms with van der Waals surface area (Å²) in [6.07, 6.45) is 9.19. The molecule has 0 aromatic heterocycles. The Labute approximate surface area is 129 Å². The van der Waals surface area contributed by atoms with Crippen molar-refractivity contribution in [2.75, 3.05) is 11.5 Å². The van der Waals surface area contributed by atoms with Crippen molar-refractivity contribution in [1.29, 1.82) is 0 Å². The molecule has 1 aromatic rings. The predicted molar refractivity (Wildman–Crippen MR) is 90.3 cm³/mol. The molecule has 0 saturated heterocycles. The number of rotatable bonds is 10. The van der Waals surface area contributed by atoms with Gasteiger partial charge < -0.3 is 5.73 Å². The molecule has 0 aliphatic heterocycles. The first kappa shape index (κ1) is 18.0. The van der Waals surface area contributed by atoms with Crippen LogP contribution in [-0.4, -0.2) is 14.2 Å². The van der Waals surface area contributed by atoms with Crippen LogP contribution in [0.2, 0.25) is 0 Å². The van der Waals surface area contributed by atoms with Crippen LogP contribution in [0.25, 0.3) is 0 Å². The third-order valence-corrected chi connectivity index (χ3v) is 5.62. The molecule has 0 radical (unpaired) electrons. The Morgan fingerprint density at radius 3 is 2.14 bits per heavy atom. The van der Waals surface area contributed by atoms with Gasteiger partial charge in [-0.15, -0.1) is 0 Å². The van der Waals surface area contributed by atoms with Gasteiger partial charge in [-0.25, -0.2) is 8.42 Å². The van der Waals surface area contributed by atoms with Crippen LogP contribution < -0.4 is 5.73 Å². The first-order valence-electron chi connectivity index (χ1n) is 8.06. The minimum atomic E-state index is -3.24. The fourth-order valence-corrected chi connectivity index (χ4v) is 4.04. The van der Waals surface area contributed by atoms with Gasteiger partial charge in [-0.2, -0.15) is 0 Å². The van der Waals surface area contributed by atoms with E-state index >= 15 is 0 Å². The molecule has 0 spiro atoms. The summed E-state index contributed by atoms with van der Waals surface area (Å²) in [5, 5.41) is 0. The van der Waals surface area contributed by atoms with E-state index in [-0.39, 0.29) is 5.75 Å². The molecule has 1 aromatic carbocycles. The summed E-state index contributed by atoms with van der Waals surface area (Å²) in [5.74, 6) is 0.204.